The fraction of sp³-hybridized carbons (Fsp3) is 0.714. The summed E-state index contributed by atoms with van der Waals surface area (Å²) < 4.78 is 5.41. The van der Waals surface area contributed by atoms with Crippen molar-refractivity contribution in [2.45, 2.75) is 64.5 Å². The van der Waals surface area contributed by atoms with Crippen molar-refractivity contribution in [3.8, 4) is 0 Å². The smallest absolute Gasteiger partial charge is 0.146 e. The first-order valence-electron chi connectivity index (χ1n) is 10.2. The van der Waals surface area contributed by atoms with Crippen molar-refractivity contribution in [2.75, 3.05) is 38.6 Å². The molecule has 6 heteroatoms. The van der Waals surface area contributed by atoms with E-state index >= 15 is 0 Å². The molecule has 1 aromatic rings. The highest BCUT2D eigenvalue weighted by molar-refractivity contribution is 5.81. The lowest BCUT2D eigenvalue weighted by molar-refractivity contribution is -0.118. The van der Waals surface area contributed by atoms with E-state index in [2.05, 4.69) is 29.3 Å². The van der Waals surface area contributed by atoms with Gasteiger partial charge in [0.1, 0.15) is 11.6 Å². The third-order valence-electron chi connectivity index (χ3n) is 5.31. The highest BCUT2D eigenvalue weighted by Gasteiger charge is 2.14. The minimum absolute atomic E-state index is 0.0573. The van der Waals surface area contributed by atoms with Gasteiger partial charge in [0.15, 0.2) is 0 Å². The third kappa shape index (κ3) is 7.56. The highest BCUT2D eigenvalue weighted by atomic mass is 16.5. The van der Waals surface area contributed by atoms with Gasteiger partial charge in [0.25, 0.3) is 0 Å². The molecule has 1 aliphatic heterocycles. The van der Waals surface area contributed by atoms with Gasteiger partial charge in [-0.1, -0.05) is 6.07 Å². The number of aromatic nitrogens is 1. The molecule has 0 amide bonds. The molecular weight excluding hydrogens is 340 g/mol. The van der Waals surface area contributed by atoms with Gasteiger partial charge >= 0.3 is 0 Å². The fourth-order valence-corrected chi connectivity index (χ4v) is 3.41. The van der Waals surface area contributed by atoms with Crippen molar-refractivity contribution in [3.63, 3.8) is 0 Å². The topological polar surface area (TPSA) is 80.5 Å². The van der Waals surface area contributed by atoms with Crippen LogP contribution in [0.15, 0.2) is 12.1 Å². The van der Waals surface area contributed by atoms with Crippen LogP contribution in [0.1, 0.15) is 50.8 Å². The van der Waals surface area contributed by atoms with Crippen molar-refractivity contribution in [1.29, 1.82) is 0 Å². The number of hydrogen-bond acceptors (Lipinski definition) is 6. The van der Waals surface area contributed by atoms with Crippen molar-refractivity contribution in [2.24, 2.45) is 5.73 Å². The number of nitrogens with zero attached hydrogens (tertiary/aromatic N) is 2. The summed E-state index contributed by atoms with van der Waals surface area (Å²) in [4.78, 5) is 18.5. The van der Waals surface area contributed by atoms with E-state index < -0.39 is 0 Å². The summed E-state index contributed by atoms with van der Waals surface area (Å²) in [6.45, 7) is 7.34. The second-order valence-corrected chi connectivity index (χ2v) is 7.65. The Balaban J connectivity index is 1.77. The van der Waals surface area contributed by atoms with E-state index in [0.29, 0.717) is 6.42 Å². The first kappa shape index (κ1) is 21.8. The molecule has 0 aromatic carbocycles. The highest BCUT2D eigenvalue weighted by Crippen LogP contribution is 2.20. The summed E-state index contributed by atoms with van der Waals surface area (Å²) in [6, 6.07) is 4.03. The van der Waals surface area contributed by atoms with Crippen LogP contribution >= 0.6 is 0 Å². The lowest BCUT2D eigenvalue weighted by Crippen LogP contribution is -2.38. The molecule has 2 heterocycles. The van der Waals surface area contributed by atoms with Gasteiger partial charge in [-0.3, -0.25) is 4.79 Å². The fourth-order valence-electron chi connectivity index (χ4n) is 3.41. The number of pyridine rings is 1. The first-order chi connectivity index (χ1) is 13.0. The third-order valence-corrected chi connectivity index (χ3v) is 5.31. The summed E-state index contributed by atoms with van der Waals surface area (Å²) >= 11 is 0. The van der Waals surface area contributed by atoms with E-state index in [9.17, 15) is 4.79 Å². The van der Waals surface area contributed by atoms with Gasteiger partial charge < -0.3 is 20.7 Å². The quantitative estimate of drug-likeness (QED) is 0.545. The van der Waals surface area contributed by atoms with Crippen LogP contribution in [-0.4, -0.2) is 61.1 Å². The molecule has 0 fully saturated rings. The molecule has 6 nitrogen and oxygen atoms in total. The normalized spacial score (nSPS) is 15.9. The van der Waals surface area contributed by atoms with Gasteiger partial charge in [0.2, 0.25) is 0 Å². The number of carbonyl (C=O) groups is 1. The van der Waals surface area contributed by atoms with Gasteiger partial charge in [0.05, 0.1) is 12.1 Å². The maximum atomic E-state index is 11.4. The number of carbonyl (C=O) groups excluding carboxylic acids is 1. The van der Waals surface area contributed by atoms with Crippen LogP contribution in [0.3, 0.4) is 0 Å². The molecule has 0 saturated carbocycles. The zero-order valence-corrected chi connectivity index (χ0v) is 17.2. The predicted octanol–water partition coefficient (Wildman–Crippen LogP) is 2.41. The minimum atomic E-state index is -0.363. The Hall–Kier alpha value is -1.50. The minimum Gasteiger partial charge on any atom is -0.380 e. The average Bonchev–Trinajstić information content (AvgIpc) is 2.68. The first-order valence-corrected chi connectivity index (χ1v) is 10.2. The molecule has 0 aliphatic carbocycles. The van der Waals surface area contributed by atoms with E-state index in [1.807, 2.05) is 0 Å². The Morgan fingerprint density at radius 1 is 1.37 bits per heavy atom. The van der Waals surface area contributed by atoms with Crippen molar-refractivity contribution >= 4 is 11.6 Å². The Labute approximate surface area is 163 Å². The number of anilines is 1. The van der Waals surface area contributed by atoms with E-state index in [1.54, 1.807) is 14.0 Å². The summed E-state index contributed by atoms with van der Waals surface area (Å²) in [5.74, 6) is 1.13. The zero-order chi connectivity index (χ0) is 19.6. The van der Waals surface area contributed by atoms with Crippen LogP contribution in [0, 0.1) is 0 Å². The Bertz CT molecular complexity index is 594. The van der Waals surface area contributed by atoms with Crippen LogP contribution in [0.2, 0.25) is 0 Å². The molecule has 3 N–H and O–H groups in total. The summed E-state index contributed by atoms with van der Waals surface area (Å²) in [7, 11) is 1.74. The van der Waals surface area contributed by atoms with Crippen molar-refractivity contribution < 1.29 is 9.53 Å². The summed E-state index contributed by atoms with van der Waals surface area (Å²) in [5, 5.41) is 3.40. The molecule has 27 heavy (non-hydrogen) atoms. The van der Waals surface area contributed by atoms with E-state index in [1.165, 1.54) is 17.7 Å². The van der Waals surface area contributed by atoms with Crippen LogP contribution in [0.5, 0.6) is 0 Å². The number of ketones is 1. The Morgan fingerprint density at radius 3 is 2.93 bits per heavy atom. The SMILES string of the molecule is CO[C@H](C)CN(CCCCc1ccc2c(n1)NCCC2)CC[C@H](N)C(C)=O. The van der Waals surface area contributed by atoms with Crippen LogP contribution < -0.4 is 11.1 Å². The van der Waals surface area contributed by atoms with Gasteiger partial charge in [-0.25, -0.2) is 4.98 Å². The Morgan fingerprint density at radius 2 is 2.19 bits per heavy atom. The maximum absolute atomic E-state index is 11.4. The number of unbranched alkanes of at least 4 members (excludes halogenated alkanes) is 1. The van der Waals surface area contributed by atoms with E-state index in [0.717, 1.165) is 57.7 Å². The molecular formula is C21H36N4O2. The second kappa shape index (κ2) is 11.4. The monoisotopic (exact) mass is 376 g/mol. The lowest BCUT2D eigenvalue weighted by Gasteiger charge is -2.26. The molecule has 152 valence electrons. The van der Waals surface area contributed by atoms with Gasteiger partial charge in [-0.15, -0.1) is 0 Å². The number of nitrogens with one attached hydrogen (secondary N) is 1. The number of Topliss-reactive ketones (excluding diaryl/α,β-unsaturated/α-hetero) is 1. The number of hydrogen-bond donors (Lipinski definition) is 2. The van der Waals surface area contributed by atoms with Crippen molar-refractivity contribution in [1.82, 2.24) is 9.88 Å². The van der Waals surface area contributed by atoms with Crippen LogP contribution in [-0.2, 0) is 22.4 Å². The van der Waals surface area contributed by atoms with Crippen molar-refractivity contribution in [3.05, 3.63) is 23.4 Å². The number of aryl methyl sites for hydroxylation is 2. The number of ether oxygens (including phenoxy) is 1. The zero-order valence-electron chi connectivity index (χ0n) is 17.2. The van der Waals surface area contributed by atoms with E-state index in [-0.39, 0.29) is 17.9 Å². The van der Waals surface area contributed by atoms with E-state index in [4.69, 9.17) is 15.5 Å². The average molecular weight is 377 g/mol. The Kier molecular flexibility index (Phi) is 9.18. The lowest BCUT2D eigenvalue weighted by atomic mass is 10.1. The predicted molar refractivity (Wildman–Crippen MR) is 110 cm³/mol. The molecule has 0 radical (unpaired) electrons. The number of rotatable bonds is 12. The summed E-state index contributed by atoms with van der Waals surface area (Å²) in [6.07, 6.45) is 6.38. The number of fused-ring (bicyclic) bond motifs is 1. The second-order valence-electron chi connectivity index (χ2n) is 7.65. The molecule has 2 atom stereocenters. The molecule has 0 bridgehead atoms. The van der Waals surface area contributed by atoms with Gasteiger partial charge in [-0.2, -0.15) is 0 Å². The maximum Gasteiger partial charge on any atom is 0.146 e. The largest absolute Gasteiger partial charge is 0.380 e. The van der Waals surface area contributed by atoms with Crippen LogP contribution in [0.25, 0.3) is 0 Å². The van der Waals surface area contributed by atoms with Gasteiger partial charge in [0, 0.05) is 32.4 Å². The van der Waals surface area contributed by atoms with Crippen LogP contribution in [0.4, 0.5) is 5.82 Å². The summed E-state index contributed by atoms with van der Waals surface area (Å²) in [5.41, 5.74) is 8.40. The molecule has 1 aliphatic rings. The number of methoxy groups -OCH3 is 1. The molecule has 2 rings (SSSR count). The number of nitrogens with two attached hydrogens (primary N) is 1. The standard InChI is InChI=1S/C21H36N4O2/c1-16(27-3)15-25(14-11-20(22)17(2)26)13-5-4-8-19-10-9-18-7-6-12-23-21(18)24-19/h9-10,16,20H,4-8,11-15,22H2,1-3H3,(H,23,24)/t16-,20+/m1/s1. The molecule has 0 unspecified atom stereocenters. The van der Waals surface area contributed by atoms with Gasteiger partial charge in [-0.05, 0) is 70.5 Å². The molecule has 0 saturated heterocycles. The molecule has 0 spiro atoms. The molecule has 1 aromatic heterocycles.